The fourth-order valence-corrected chi connectivity index (χ4v) is 1.78. The van der Waals surface area contributed by atoms with Crippen molar-refractivity contribution in [3.63, 3.8) is 0 Å². The van der Waals surface area contributed by atoms with Gasteiger partial charge in [-0.1, -0.05) is 0 Å². The molecule has 0 unspecified atom stereocenters. The van der Waals surface area contributed by atoms with E-state index in [1.807, 2.05) is 12.4 Å². The van der Waals surface area contributed by atoms with E-state index in [4.69, 9.17) is 0 Å². The van der Waals surface area contributed by atoms with Gasteiger partial charge in [-0.15, -0.1) is 0 Å². The van der Waals surface area contributed by atoms with Crippen LogP contribution in [0, 0.1) is 6.92 Å². The molecule has 2 heteroatoms. The summed E-state index contributed by atoms with van der Waals surface area (Å²) in [5.41, 5.74) is 2.65. The van der Waals surface area contributed by atoms with Gasteiger partial charge >= 0.3 is 0 Å². The van der Waals surface area contributed by atoms with Gasteiger partial charge in [0.1, 0.15) is 0 Å². The average Bonchev–Trinajstić information content (AvgIpc) is 2.57. The molecule has 0 bridgehead atoms. The largest absolute Gasteiger partial charge is 0.371 e. The van der Waals surface area contributed by atoms with E-state index in [0.717, 1.165) is 0 Å². The van der Waals surface area contributed by atoms with Gasteiger partial charge in [0.15, 0.2) is 0 Å². The van der Waals surface area contributed by atoms with Crippen molar-refractivity contribution in [2.75, 3.05) is 18.0 Å². The molecule has 0 aliphatic carbocycles. The lowest BCUT2D eigenvalue weighted by Gasteiger charge is -2.19. The first-order valence-electron chi connectivity index (χ1n) is 4.53. The Kier molecular flexibility index (Phi) is 1.98. The molecule has 0 atom stereocenters. The number of hydrogen-bond acceptors (Lipinski definition) is 2. The van der Waals surface area contributed by atoms with Crippen molar-refractivity contribution in [1.82, 2.24) is 4.98 Å². The molecule has 2 nitrogen and oxygen atoms in total. The smallest absolute Gasteiger partial charge is 0.0426 e. The first-order valence-corrected chi connectivity index (χ1v) is 4.53. The molecule has 1 aromatic rings. The minimum absolute atomic E-state index is 1.21. The second kappa shape index (κ2) is 3.13. The van der Waals surface area contributed by atoms with Gasteiger partial charge in [0, 0.05) is 31.2 Å². The molecule has 1 aromatic heterocycles. The van der Waals surface area contributed by atoms with Crippen molar-refractivity contribution < 1.29 is 0 Å². The lowest BCUT2D eigenvalue weighted by atomic mass is 10.2. The topological polar surface area (TPSA) is 16.1 Å². The molecule has 0 saturated carbocycles. The van der Waals surface area contributed by atoms with Crippen LogP contribution in [-0.4, -0.2) is 18.1 Å². The Labute approximate surface area is 73.2 Å². The average molecular weight is 162 g/mol. The molecule has 0 spiro atoms. The van der Waals surface area contributed by atoms with Gasteiger partial charge in [-0.25, -0.2) is 0 Å². The van der Waals surface area contributed by atoms with E-state index in [1.165, 1.54) is 37.2 Å². The highest BCUT2D eigenvalue weighted by molar-refractivity contribution is 5.51. The number of aryl methyl sites for hydroxylation is 1. The standard InChI is InChI=1S/C10H14N2/c1-9-8-11-5-4-10(9)12-6-2-3-7-12/h4-5,8H,2-3,6-7H2,1H3. The van der Waals surface area contributed by atoms with Crippen molar-refractivity contribution >= 4 is 5.69 Å². The molecule has 0 N–H and O–H groups in total. The highest BCUT2D eigenvalue weighted by atomic mass is 15.1. The lowest BCUT2D eigenvalue weighted by Crippen LogP contribution is -2.18. The molecule has 2 rings (SSSR count). The molecule has 2 heterocycles. The quantitative estimate of drug-likeness (QED) is 0.627. The van der Waals surface area contributed by atoms with Crippen molar-refractivity contribution in [1.29, 1.82) is 0 Å². The second-order valence-corrected chi connectivity index (χ2v) is 3.36. The highest BCUT2D eigenvalue weighted by Crippen LogP contribution is 2.22. The summed E-state index contributed by atoms with van der Waals surface area (Å²) in [5.74, 6) is 0. The maximum absolute atomic E-state index is 4.09. The van der Waals surface area contributed by atoms with E-state index >= 15 is 0 Å². The van der Waals surface area contributed by atoms with Crippen LogP contribution < -0.4 is 4.90 Å². The van der Waals surface area contributed by atoms with Crippen molar-refractivity contribution in [2.24, 2.45) is 0 Å². The Bertz CT molecular complexity index is 264. The molecule has 1 aliphatic heterocycles. The molecular formula is C10H14N2. The van der Waals surface area contributed by atoms with Gasteiger partial charge in [-0.3, -0.25) is 4.98 Å². The summed E-state index contributed by atoms with van der Waals surface area (Å²) in [6.07, 6.45) is 6.48. The number of rotatable bonds is 1. The summed E-state index contributed by atoms with van der Waals surface area (Å²) in [6, 6.07) is 2.11. The van der Waals surface area contributed by atoms with Crippen LogP contribution in [0.2, 0.25) is 0 Å². The van der Waals surface area contributed by atoms with Crippen LogP contribution in [0.3, 0.4) is 0 Å². The maximum Gasteiger partial charge on any atom is 0.0426 e. The highest BCUT2D eigenvalue weighted by Gasteiger charge is 2.13. The molecule has 64 valence electrons. The van der Waals surface area contributed by atoms with Gasteiger partial charge in [0.2, 0.25) is 0 Å². The monoisotopic (exact) mass is 162 g/mol. The fraction of sp³-hybridized carbons (Fsp3) is 0.500. The summed E-state index contributed by atoms with van der Waals surface area (Å²) < 4.78 is 0. The Morgan fingerprint density at radius 3 is 2.75 bits per heavy atom. The normalized spacial score (nSPS) is 16.9. The number of pyridine rings is 1. The molecular weight excluding hydrogens is 148 g/mol. The molecule has 1 aliphatic rings. The van der Waals surface area contributed by atoms with Crippen LogP contribution in [0.25, 0.3) is 0 Å². The SMILES string of the molecule is Cc1cnccc1N1CCCC1. The minimum Gasteiger partial charge on any atom is -0.371 e. The van der Waals surface area contributed by atoms with Crippen molar-refractivity contribution in [3.05, 3.63) is 24.0 Å². The number of anilines is 1. The van der Waals surface area contributed by atoms with E-state index in [0.29, 0.717) is 0 Å². The van der Waals surface area contributed by atoms with Gasteiger partial charge in [0.25, 0.3) is 0 Å². The van der Waals surface area contributed by atoms with Crippen LogP contribution in [0.15, 0.2) is 18.5 Å². The zero-order valence-corrected chi connectivity index (χ0v) is 7.45. The Morgan fingerprint density at radius 2 is 2.08 bits per heavy atom. The molecule has 1 saturated heterocycles. The zero-order valence-electron chi connectivity index (χ0n) is 7.45. The molecule has 12 heavy (non-hydrogen) atoms. The number of hydrogen-bond donors (Lipinski definition) is 0. The number of aromatic nitrogens is 1. The third-order valence-electron chi connectivity index (χ3n) is 2.44. The van der Waals surface area contributed by atoms with E-state index in [1.54, 1.807) is 0 Å². The Balaban J connectivity index is 2.26. The van der Waals surface area contributed by atoms with Crippen LogP contribution in [-0.2, 0) is 0 Å². The fourth-order valence-electron chi connectivity index (χ4n) is 1.78. The van der Waals surface area contributed by atoms with E-state index in [9.17, 15) is 0 Å². The molecule has 0 aromatic carbocycles. The van der Waals surface area contributed by atoms with Crippen molar-refractivity contribution in [3.8, 4) is 0 Å². The van der Waals surface area contributed by atoms with Crippen LogP contribution in [0.4, 0.5) is 5.69 Å². The summed E-state index contributed by atoms with van der Waals surface area (Å²) in [7, 11) is 0. The van der Waals surface area contributed by atoms with Gasteiger partial charge in [0.05, 0.1) is 0 Å². The summed E-state index contributed by atoms with van der Waals surface area (Å²) in [5, 5.41) is 0. The predicted octanol–water partition coefficient (Wildman–Crippen LogP) is 1.99. The van der Waals surface area contributed by atoms with Gasteiger partial charge < -0.3 is 4.90 Å². The zero-order chi connectivity index (χ0) is 8.39. The van der Waals surface area contributed by atoms with Gasteiger partial charge in [-0.2, -0.15) is 0 Å². The predicted molar refractivity (Wildman–Crippen MR) is 50.4 cm³/mol. The van der Waals surface area contributed by atoms with E-state index in [-0.39, 0.29) is 0 Å². The third kappa shape index (κ3) is 1.29. The van der Waals surface area contributed by atoms with Crippen LogP contribution in [0.1, 0.15) is 18.4 Å². The van der Waals surface area contributed by atoms with Crippen LogP contribution in [0.5, 0.6) is 0 Å². The Morgan fingerprint density at radius 1 is 1.33 bits per heavy atom. The molecule has 1 fully saturated rings. The number of nitrogens with zero attached hydrogens (tertiary/aromatic N) is 2. The third-order valence-corrected chi connectivity index (χ3v) is 2.44. The lowest BCUT2D eigenvalue weighted by molar-refractivity contribution is 0.949. The van der Waals surface area contributed by atoms with Gasteiger partial charge in [-0.05, 0) is 31.4 Å². The summed E-state index contributed by atoms with van der Waals surface area (Å²) in [6.45, 7) is 4.55. The van der Waals surface area contributed by atoms with Crippen LogP contribution >= 0.6 is 0 Å². The minimum atomic E-state index is 1.21. The van der Waals surface area contributed by atoms with Crippen molar-refractivity contribution in [2.45, 2.75) is 19.8 Å². The van der Waals surface area contributed by atoms with E-state index in [2.05, 4.69) is 22.9 Å². The molecule has 0 amide bonds. The first-order chi connectivity index (χ1) is 5.88. The molecule has 0 radical (unpaired) electrons. The Hall–Kier alpha value is -1.05. The first kappa shape index (κ1) is 7.59. The maximum atomic E-state index is 4.09. The van der Waals surface area contributed by atoms with E-state index < -0.39 is 0 Å². The summed E-state index contributed by atoms with van der Waals surface area (Å²) in [4.78, 5) is 6.53. The summed E-state index contributed by atoms with van der Waals surface area (Å²) >= 11 is 0. The second-order valence-electron chi connectivity index (χ2n) is 3.36.